The van der Waals surface area contributed by atoms with E-state index in [9.17, 15) is 0 Å². The maximum Gasteiger partial charge on any atom is 0.317 e. The normalized spacial score (nSPS) is 11.7. The summed E-state index contributed by atoms with van der Waals surface area (Å²) in [6.07, 6.45) is -0.170. The van der Waals surface area contributed by atoms with Gasteiger partial charge >= 0.3 is 6.01 Å². The number of hydrogen-bond donors (Lipinski definition) is 0. The van der Waals surface area contributed by atoms with Crippen LogP contribution < -0.4 is 14.2 Å². The Morgan fingerprint density at radius 2 is 1.38 bits per heavy atom. The number of aromatic nitrogens is 2. The summed E-state index contributed by atoms with van der Waals surface area (Å²) in [6, 6.07) is 19.4. The fourth-order valence-corrected chi connectivity index (χ4v) is 2.40. The van der Waals surface area contributed by atoms with Gasteiger partial charge < -0.3 is 14.2 Å². The van der Waals surface area contributed by atoms with E-state index in [4.69, 9.17) is 14.2 Å². The van der Waals surface area contributed by atoms with Crippen molar-refractivity contribution in [1.29, 1.82) is 0 Å². The molecule has 3 aromatic rings. The third kappa shape index (κ3) is 5.21. The van der Waals surface area contributed by atoms with Crippen LogP contribution in [0.2, 0.25) is 0 Å². The molecule has 2 aromatic carbocycles. The van der Waals surface area contributed by atoms with E-state index in [0.717, 1.165) is 28.6 Å². The highest BCUT2D eigenvalue weighted by Crippen LogP contribution is 2.23. The molecule has 134 valence electrons. The van der Waals surface area contributed by atoms with Crippen molar-refractivity contribution in [3.8, 4) is 23.3 Å². The van der Waals surface area contributed by atoms with E-state index in [1.807, 2.05) is 81.4 Å². The van der Waals surface area contributed by atoms with Gasteiger partial charge in [0, 0.05) is 11.4 Å². The van der Waals surface area contributed by atoms with E-state index in [2.05, 4.69) is 9.97 Å². The number of nitrogens with zero attached hydrogens (tertiary/aromatic N) is 2. The predicted molar refractivity (Wildman–Crippen MR) is 100 cm³/mol. The van der Waals surface area contributed by atoms with Gasteiger partial charge in [0.1, 0.15) is 30.0 Å². The van der Waals surface area contributed by atoms with Crippen molar-refractivity contribution in [2.24, 2.45) is 0 Å². The van der Waals surface area contributed by atoms with Crippen LogP contribution in [0.5, 0.6) is 23.3 Å². The SMILES string of the molecule is Cc1cc(C)nc(OC(C)COc2ccc(Oc3ccccc3)cc2)n1. The summed E-state index contributed by atoms with van der Waals surface area (Å²) in [7, 11) is 0. The molecule has 0 bridgehead atoms. The summed E-state index contributed by atoms with van der Waals surface area (Å²) in [5, 5.41) is 0. The molecule has 0 amide bonds. The number of para-hydroxylation sites is 1. The molecule has 0 saturated heterocycles. The number of hydrogen-bond acceptors (Lipinski definition) is 5. The van der Waals surface area contributed by atoms with Crippen LogP contribution in [-0.4, -0.2) is 22.7 Å². The van der Waals surface area contributed by atoms with Crippen LogP contribution in [0.25, 0.3) is 0 Å². The van der Waals surface area contributed by atoms with E-state index in [1.54, 1.807) is 0 Å². The lowest BCUT2D eigenvalue weighted by molar-refractivity contribution is 0.132. The van der Waals surface area contributed by atoms with Gasteiger partial charge in [-0.3, -0.25) is 0 Å². The zero-order chi connectivity index (χ0) is 18.4. The minimum atomic E-state index is -0.170. The number of rotatable bonds is 7. The largest absolute Gasteiger partial charge is 0.490 e. The van der Waals surface area contributed by atoms with Crippen molar-refractivity contribution in [3.05, 3.63) is 72.1 Å². The highest BCUT2D eigenvalue weighted by Gasteiger charge is 2.09. The number of ether oxygens (including phenoxy) is 3. The van der Waals surface area contributed by atoms with E-state index >= 15 is 0 Å². The fourth-order valence-electron chi connectivity index (χ4n) is 2.40. The van der Waals surface area contributed by atoms with Crippen LogP contribution >= 0.6 is 0 Å². The van der Waals surface area contributed by atoms with Gasteiger partial charge in [-0.2, -0.15) is 0 Å². The lowest BCUT2D eigenvalue weighted by atomic mass is 10.3. The van der Waals surface area contributed by atoms with Crippen molar-refractivity contribution in [2.75, 3.05) is 6.61 Å². The molecular formula is C21H22N2O3. The van der Waals surface area contributed by atoms with Gasteiger partial charge in [-0.05, 0) is 63.2 Å². The second-order valence-electron chi connectivity index (χ2n) is 6.06. The molecule has 0 aliphatic rings. The monoisotopic (exact) mass is 350 g/mol. The molecule has 0 aliphatic heterocycles. The van der Waals surface area contributed by atoms with Gasteiger partial charge in [0.05, 0.1) is 0 Å². The molecule has 1 heterocycles. The van der Waals surface area contributed by atoms with Crippen LogP contribution in [0.1, 0.15) is 18.3 Å². The van der Waals surface area contributed by atoms with Crippen molar-refractivity contribution in [2.45, 2.75) is 26.9 Å². The van der Waals surface area contributed by atoms with Crippen molar-refractivity contribution >= 4 is 0 Å². The maximum absolute atomic E-state index is 5.77. The van der Waals surface area contributed by atoms with Gasteiger partial charge in [-0.25, -0.2) is 9.97 Å². The third-order valence-electron chi connectivity index (χ3n) is 3.56. The Bertz CT molecular complexity index is 815. The van der Waals surface area contributed by atoms with Crippen molar-refractivity contribution in [3.63, 3.8) is 0 Å². The minimum absolute atomic E-state index is 0.170. The minimum Gasteiger partial charge on any atom is -0.490 e. The fraction of sp³-hybridized carbons (Fsp3) is 0.238. The first-order chi connectivity index (χ1) is 12.6. The van der Waals surface area contributed by atoms with E-state index in [-0.39, 0.29) is 6.10 Å². The lowest BCUT2D eigenvalue weighted by Crippen LogP contribution is -2.22. The number of aryl methyl sites for hydroxylation is 2. The molecule has 0 radical (unpaired) electrons. The summed E-state index contributed by atoms with van der Waals surface area (Å²) in [5.74, 6) is 2.32. The Balaban J connectivity index is 1.51. The standard InChI is InChI=1S/C21H22N2O3/c1-15-13-16(2)23-21(22-15)25-17(3)14-24-18-9-11-20(12-10-18)26-19-7-5-4-6-8-19/h4-13,17H,14H2,1-3H3. The third-order valence-corrected chi connectivity index (χ3v) is 3.56. The van der Waals surface area contributed by atoms with Crippen LogP contribution in [0, 0.1) is 13.8 Å². The summed E-state index contributed by atoms with van der Waals surface area (Å²) < 4.78 is 17.3. The van der Waals surface area contributed by atoms with E-state index < -0.39 is 0 Å². The van der Waals surface area contributed by atoms with Crippen LogP contribution in [0.3, 0.4) is 0 Å². The quantitative estimate of drug-likeness (QED) is 0.616. The Labute approximate surface area is 153 Å². The van der Waals surface area contributed by atoms with E-state index in [1.165, 1.54) is 0 Å². The Hall–Kier alpha value is -3.08. The van der Waals surface area contributed by atoms with Crippen LogP contribution in [-0.2, 0) is 0 Å². The highest BCUT2D eigenvalue weighted by atomic mass is 16.5. The smallest absolute Gasteiger partial charge is 0.317 e. The topological polar surface area (TPSA) is 53.5 Å². The van der Waals surface area contributed by atoms with Gasteiger partial charge in [0.2, 0.25) is 0 Å². The predicted octanol–water partition coefficient (Wildman–Crippen LogP) is 4.73. The molecule has 0 fully saturated rings. The van der Waals surface area contributed by atoms with Gasteiger partial charge in [0.25, 0.3) is 0 Å². The summed E-state index contributed by atoms with van der Waals surface area (Å²) >= 11 is 0. The zero-order valence-corrected chi connectivity index (χ0v) is 15.2. The molecule has 0 spiro atoms. The first-order valence-electron chi connectivity index (χ1n) is 8.53. The first-order valence-corrected chi connectivity index (χ1v) is 8.53. The lowest BCUT2D eigenvalue weighted by Gasteiger charge is -2.15. The first kappa shape index (κ1) is 17.7. The van der Waals surface area contributed by atoms with Crippen LogP contribution in [0.15, 0.2) is 60.7 Å². The highest BCUT2D eigenvalue weighted by molar-refractivity contribution is 5.35. The molecule has 26 heavy (non-hydrogen) atoms. The molecule has 1 unspecified atom stereocenters. The summed E-state index contributed by atoms with van der Waals surface area (Å²) in [6.45, 7) is 6.16. The van der Waals surface area contributed by atoms with Crippen LogP contribution in [0.4, 0.5) is 0 Å². The molecule has 0 aliphatic carbocycles. The molecule has 5 heteroatoms. The van der Waals surface area contributed by atoms with E-state index in [0.29, 0.717) is 12.6 Å². The molecular weight excluding hydrogens is 328 g/mol. The summed E-state index contributed by atoms with van der Waals surface area (Å²) in [5.41, 5.74) is 1.77. The Kier molecular flexibility index (Phi) is 5.69. The summed E-state index contributed by atoms with van der Waals surface area (Å²) in [4.78, 5) is 8.55. The maximum atomic E-state index is 5.77. The average Bonchev–Trinajstić information content (AvgIpc) is 2.61. The second-order valence-corrected chi connectivity index (χ2v) is 6.06. The molecule has 0 N–H and O–H groups in total. The molecule has 1 aromatic heterocycles. The number of benzene rings is 2. The molecule has 1 atom stereocenters. The Morgan fingerprint density at radius 3 is 2.04 bits per heavy atom. The molecule has 3 rings (SSSR count). The molecule has 5 nitrogen and oxygen atoms in total. The van der Waals surface area contributed by atoms with Gasteiger partial charge in [0.15, 0.2) is 0 Å². The average molecular weight is 350 g/mol. The second kappa shape index (κ2) is 8.34. The van der Waals surface area contributed by atoms with Gasteiger partial charge in [-0.1, -0.05) is 18.2 Å². The Morgan fingerprint density at radius 1 is 0.808 bits per heavy atom. The van der Waals surface area contributed by atoms with Gasteiger partial charge in [-0.15, -0.1) is 0 Å². The zero-order valence-electron chi connectivity index (χ0n) is 15.2. The van der Waals surface area contributed by atoms with Crippen molar-refractivity contribution in [1.82, 2.24) is 9.97 Å². The molecule has 0 saturated carbocycles. The van der Waals surface area contributed by atoms with Crippen molar-refractivity contribution < 1.29 is 14.2 Å².